The lowest BCUT2D eigenvalue weighted by atomic mass is 10.1. The number of thiophene rings is 1. The molecule has 3 rings (SSSR count). The van der Waals surface area contributed by atoms with E-state index in [-0.39, 0.29) is 12.5 Å². The van der Waals surface area contributed by atoms with Crippen molar-refractivity contribution in [3.63, 3.8) is 0 Å². The SMILES string of the molecule is O=C(NCCc1ccc(Cl)cc1Cl)c1ccc(-c2ccnc(NCCO)n2)s1. The van der Waals surface area contributed by atoms with E-state index in [1.165, 1.54) is 11.3 Å². The molecule has 0 atom stereocenters. The second-order valence-electron chi connectivity index (χ2n) is 5.82. The van der Waals surface area contributed by atoms with Crippen LogP contribution in [0.2, 0.25) is 10.0 Å². The monoisotopic (exact) mass is 436 g/mol. The average Bonchev–Trinajstić information content (AvgIpc) is 3.18. The number of carbonyl (C=O) groups is 1. The average molecular weight is 437 g/mol. The fraction of sp³-hybridized carbons (Fsp3) is 0.211. The van der Waals surface area contributed by atoms with Crippen molar-refractivity contribution < 1.29 is 9.90 Å². The zero-order valence-electron chi connectivity index (χ0n) is 14.8. The molecule has 0 unspecified atom stereocenters. The van der Waals surface area contributed by atoms with Crippen LogP contribution in [0.1, 0.15) is 15.2 Å². The standard InChI is InChI=1S/C19H18Cl2N4O2S/c20-13-2-1-12(14(21)11-13)5-7-22-18(27)17-4-3-16(28-17)15-6-8-23-19(25-15)24-9-10-26/h1-4,6,8,11,26H,5,7,9-10H2,(H,22,27)(H,23,24,25). The summed E-state index contributed by atoms with van der Waals surface area (Å²) < 4.78 is 0. The molecule has 0 bridgehead atoms. The molecule has 3 N–H and O–H groups in total. The van der Waals surface area contributed by atoms with Crippen LogP contribution < -0.4 is 10.6 Å². The topological polar surface area (TPSA) is 87.1 Å². The van der Waals surface area contributed by atoms with Gasteiger partial charge in [0.2, 0.25) is 5.95 Å². The van der Waals surface area contributed by atoms with Gasteiger partial charge in [0.25, 0.3) is 5.91 Å². The molecule has 6 nitrogen and oxygen atoms in total. The molecule has 2 heterocycles. The zero-order chi connectivity index (χ0) is 19.9. The van der Waals surface area contributed by atoms with Gasteiger partial charge in [-0.2, -0.15) is 0 Å². The smallest absolute Gasteiger partial charge is 0.261 e. The highest BCUT2D eigenvalue weighted by molar-refractivity contribution is 7.17. The number of aromatic nitrogens is 2. The van der Waals surface area contributed by atoms with Crippen molar-refractivity contribution in [1.29, 1.82) is 0 Å². The molecule has 9 heteroatoms. The number of hydrogen-bond donors (Lipinski definition) is 3. The molecule has 0 fully saturated rings. The number of aliphatic hydroxyl groups excluding tert-OH is 1. The third kappa shape index (κ3) is 5.42. The van der Waals surface area contributed by atoms with Gasteiger partial charge < -0.3 is 15.7 Å². The molecule has 0 saturated carbocycles. The van der Waals surface area contributed by atoms with Crippen molar-refractivity contribution in [2.75, 3.05) is 25.0 Å². The van der Waals surface area contributed by atoms with Gasteiger partial charge in [0.05, 0.1) is 22.1 Å². The number of halogens is 2. The predicted molar refractivity (Wildman–Crippen MR) is 113 cm³/mol. The Kier molecular flexibility index (Phi) is 7.22. The highest BCUT2D eigenvalue weighted by atomic mass is 35.5. The lowest BCUT2D eigenvalue weighted by Gasteiger charge is -2.06. The maximum Gasteiger partial charge on any atom is 0.261 e. The lowest BCUT2D eigenvalue weighted by Crippen LogP contribution is -2.24. The second kappa shape index (κ2) is 9.84. The summed E-state index contributed by atoms with van der Waals surface area (Å²) >= 11 is 13.4. The third-order valence-electron chi connectivity index (χ3n) is 3.83. The zero-order valence-corrected chi connectivity index (χ0v) is 17.1. The van der Waals surface area contributed by atoms with E-state index in [4.69, 9.17) is 28.3 Å². The largest absolute Gasteiger partial charge is 0.395 e. The first kappa shape index (κ1) is 20.5. The molecule has 0 aliphatic carbocycles. The Labute approximate surface area is 176 Å². The highest BCUT2D eigenvalue weighted by Gasteiger charge is 2.12. The van der Waals surface area contributed by atoms with Crippen molar-refractivity contribution in [1.82, 2.24) is 15.3 Å². The van der Waals surface area contributed by atoms with Crippen LogP contribution in [-0.4, -0.2) is 40.7 Å². The van der Waals surface area contributed by atoms with Crippen LogP contribution in [0.25, 0.3) is 10.6 Å². The van der Waals surface area contributed by atoms with E-state index in [1.807, 2.05) is 12.1 Å². The van der Waals surface area contributed by atoms with Gasteiger partial charge in [-0.3, -0.25) is 4.79 Å². The van der Waals surface area contributed by atoms with Crippen LogP contribution in [0.15, 0.2) is 42.6 Å². The summed E-state index contributed by atoms with van der Waals surface area (Å²) in [5.41, 5.74) is 1.65. The Morgan fingerprint density at radius 2 is 2.00 bits per heavy atom. The third-order valence-corrected chi connectivity index (χ3v) is 5.52. The van der Waals surface area contributed by atoms with Crippen LogP contribution in [0.4, 0.5) is 5.95 Å². The first-order valence-corrected chi connectivity index (χ1v) is 10.1. The van der Waals surface area contributed by atoms with E-state index in [0.29, 0.717) is 46.1 Å². The van der Waals surface area contributed by atoms with E-state index >= 15 is 0 Å². The Balaban J connectivity index is 1.59. The summed E-state index contributed by atoms with van der Waals surface area (Å²) in [6.45, 7) is 0.841. The predicted octanol–water partition coefficient (Wildman–Crippen LogP) is 3.89. The van der Waals surface area contributed by atoms with Crippen molar-refractivity contribution in [3.05, 3.63) is 63.1 Å². The summed E-state index contributed by atoms with van der Waals surface area (Å²) in [5, 5.41) is 15.9. The number of benzene rings is 1. The minimum absolute atomic E-state index is 0.00184. The number of anilines is 1. The molecule has 28 heavy (non-hydrogen) atoms. The molecule has 0 radical (unpaired) electrons. The normalized spacial score (nSPS) is 10.7. The summed E-state index contributed by atoms with van der Waals surface area (Å²) in [6.07, 6.45) is 2.25. The Bertz CT molecular complexity index is 965. The van der Waals surface area contributed by atoms with E-state index < -0.39 is 0 Å². The molecule has 1 aromatic carbocycles. The van der Waals surface area contributed by atoms with Gasteiger partial charge in [-0.15, -0.1) is 11.3 Å². The highest BCUT2D eigenvalue weighted by Crippen LogP contribution is 2.27. The maximum atomic E-state index is 12.4. The number of carbonyl (C=O) groups excluding carboxylic acids is 1. The number of nitrogens with zero attached hydrogens (tertiary/aromatic N) is 2. The Morgan fingerprint density at radius 3 is 2.79 bits per heavy atom. The van der Waals surface area contributed by atoms with Crippen LogP contribution in [0, 0.1) is 0 Å². The molecule has 1 amide bonds. The van der Waals surface area contributed by atoms with Crippen LogP contribution in [-0.2, 0) is 6.42 Å². The minimum Gasteiger partial charge on any atom is -0.395 e. The van der Waals surface area contributed by atoms with E-state index in [2.05, 4.69) is 20.6 Å². The van der Waals surface area contributed by atoms with Crippen molar-refractivity contribution in [2.45, 2.75) is 6.42 Å². The molecule has 3 aromatic rings. The summed E-state index contributed by atoms with van der Waals surface area (Å²) in [6, 6.07) is 10.7. The molecule has 2 aromatic heterocycles. The number of nitrogens with one attached hydrogen (secondary N) is 2. The molecule has 146 valence electrons. The van der Waals surface area contributed by atoms with E-state index in [0.717, 1.165) is 10.4 Å². The fourth-order valence-corrected chi connectivity index (χ4v) is 3.86. The summed E-state index contributed by atoms with van der Waals surface area (Å²) in [5.74, 6) is 0.291. The Hall–Kier alpha value is -2.19. The van der Waals surface area contributed by atoms with Crippen LogP contribution in [0.5, 0.6) is 0 Å². The van der Waals surface area contributed by atoms with E-state index in [1.54, 1.807) is 30.5 Å². The number of amides is 1. The van der Waals surface area contributed by atoms with Gasteiger partial charge in [-0.1, -0.05) is 29.3 Å². The van der Waals surface area contributed by atoms with Gasteiger partial charge >= 0.3 is 0 Å². The number of rotatable bonds is 8. The molecule has 0 aliphatic rings. The molecule has 0 spiro atoms. The first-order chi connectivity index (χ1) is 13.6. The van der Waals surface area contributed by atoms with Crippen molar-refractivity contribution in [3.8, 4) is 10.6 Å². The van der Waals surface area contributed by atoms with Gasteiger partial charge in [-0.25, -0.2) is 9.97 Å². The lowest BCUT2D eigenvalue weighted by molar-refractivity contribution is 0.0958. The summed E-state index contributed by atoms with van der Waals surface area (Å²) in [4.78, 5) is 22.3. The summed E-state index contributed by atoms with van der Waals surface area (Å²) in [7, 11) is 0. The van der Waals surface area contributed by atoms with E-state index in [9.17, 15) is 4.79 Å². The number of aliphatic hydroxyl groups is 1. The van der Waals surface area contributed by atoms with Crippen molar-refractivity contribution >= 4 is 46.4 Å². The first-order valence-electron chi connectivity index (χ1n) is 8.57. The van der Waals surface area contributed by atoms with Gasteiger partial charge in [-0.05, 0) is 42.3 Å². The quantitative estimate of drug-likeness (QED) is 0.498. The Morgan fingerprint density at radius 1 is 1.14 bits per heavy atom. The second-order valence-corrected chi connectivity index (χ2v) is 7.75. The van der Waals surface area contributed by atoms with Gasteiger partial charge in [0, 0.05) is 29.3 Å². The molecular weight excluding hydrogens is 419 g/mol. The van der Waals surface area contributed by atoms with Gasteiger partial charge in [0.15, 0.2) is 0 Å². The minimum atomic E-state index is -0.144. The fourth-order valence-electron chi connectivity index (χ4n) is 2.47. The van der Waals surface area contributed by atoms with Crippen LogP contribution >= 0.6 is 34.5 Å². The van der Waals surface area contributed by atoms with Gasteiger partial charge in [0.1, 0.15) is 0 Å². The molecular formula is C19H18Cl2N4O2S. The maximum absolute atomic E-state index is 12.4. The van der Waals surface area contributed by atoms with Crippen molar-refractivity contribution in [2.24, 2.45) is 0 Å². The number of hydrogen-bond acceptors (Lipinski definition) is 6. The molecule has 0 aliphatic heterocycles. The molecule has 0 saturated heterocycles. The van der Waals surface area contributed by atoms with Crippen LogP contribution in [0.3, 0.4) is 0 Å².